The largest absolute Gasteiger partial charge is 0.459 e. The summed E-state index contributed by atoms with van der Waals surface area (Å²) in [4.78, 5) is 25.9. The quantitative estimate of drug-likeness (QED) is 0.676. The van der Waals surface area contributed by atoms with Crippen molar-refractivity contribution in [2.24, 2.45) is 0 Å². The van der Waals surface area contributed by atoms with E-state index in [4.69, 9.17) is 4.74 Å². The van der Waals surface area contributed by atoms with Crippen LogP contribution in [0.4, 0.5) is 18.9 Å². The number of benzene rings is 2. The molecule has 0 atom stereocenters. The van der Waals surface area contributed by atoms with E-state index in [0.717, 1.165) is 17.7 Å². The SMILES string of the molecule is CC(C)(C)OC(=O)CN1C(=O)CCc2cc(-c3cccc(C(F)(F)F)c3)ccc21. The van der Waals surface area contributed by atoms with E-state index in [9.17, 15) is 22.8 Å². The van der Waals surface area contributed by atoms with E-state index < -0.39 is 23.3 Å². The lowest BCUT2D eigenvalue weighted by Crippen LogP contribution is -2.41. The Morgan fingerprint density at radius 2 is 1.72 bits per heavy atom. The fourth-order valence-corrected chi connectivity index (χ4v) is 3.29. The van der Waals surface area contributed by atoms with Gasteiger partial charge in [0.05, 0.1) is 5.56 Å². The molecule has 0 unspecified atom stereocenters. The summed E-state index contributed by atoms with van der Waals surface area (Å²) in [6.45, 7) is 5.04. The van der Waals surface area contributed by atoms with Gasteiger partial charge in [0, 0.05) is 12.1 Å². The van der Waals surface area contributed by atoms with Crippen LogP contribution in [0, 0.1) is 0 Å². The van der Waals surface area contributed by atoms with Crippen LogP contribution in [0.1, 0.15) is 38.3 Å². The topological polar surface area (TPSA) is 46.6 Å². The van der Waals surface area contributed by atoms with Crippen molar-refractivity contribution >= 4 is 17.6 Å². The molecule has 2 aromatic carbocycles. The molecule has 154 valence electrons. The lowest BCUT2D eigenvalue weighted by molar-refractivity contribution is -0.153. The highest BCUT2D eigenvalue weighted by molar-refractivity contribution is 6.00. The van der Waals surface area contributed by atoms with Crippen molar-refractivity contribution < 1.29 is 27.5 Å². The molecule has 0 spiro atoms. The molecule has 0 saturated carbocycles. The highest BCUT2D eigenvalue weighted by Crippen LogP contribution is 2.35. The van der Waals surface area contributed by atoms with Crippen molar-refractivity contribution in [1.29, 1.82) is 0 Å². The van der Waals surface area contributed by atoms with Gasteiger partial charge in [0.2, 0.25) is 5.91 Å². The molecule has 0 radical (unpaired) electrons. The third-order valence-corrected chi connectivity index (χ3v) is 4.51. The number of hydrogen-bond donors (Lipinski definition) is 0. The van der Waals surface area contributed by atoms with Gasteiger partial charge < -0.3 is 9.64 Å². The molecule has 1 aliphatic heterocycles. The second-order valence-electron chi connectivity index (χ2n) is 7.99. The Kier molecular flexibility index (Phi) is 5.43. The summed E-state index contributed by atoms with van der Waals surface area (Å²) in [5, 5.41) is 0. The Hall–Kier alpha value is -2.83. The van der Waals surface area contributed by atoms with Gasteiger partial charge in [-0.2, -0.15) is 13.2 Å². The summed E-state index contributed by atoms with van der Waals surface area (Å²) < 4.78 is 44.3. The van der Waals surface area contributed by atoms with Crippen molar-refractivity contribution in [3.8, 4) is 11.1 Å². The molecule has 0 fully saturated rings. The number of hydrogen-bond acceptors (Lipinski definition) is 3. The zero-order chi connectivity index (χ0) is 21.4. The van der Waals surface area contributed by atoms with E-state index in [1.807, 2.05) is 0 Å². The number of ether oxygens (including phenoxy) is 1. The zero-order valence-corrected chi connectivity index (χ0v) is 16.5. The number of rotatable bonds is 3. The molecule has 0 bridgehead atoms. The minimum atomic E-state index is -4.42. The van der Waals surface area contributed by atoms with Crippen molar-refractivity contribution in [2.45, 2.75) is 45.4 Å². The van der Waals surface area contributed by atoms with Crippen LogP contribution in [-0.4, -0.2) is 24.0 Å². The maximum absolute atomic E-state index is 13.0. The van der Waals surface area contributed by atoms with Crippen molar-refractivity contribution in [3.05, 3.63) is 53.6 Å². The monoisotopic (exact) mass is 405 g/mol. The zero-order valence-electron chi connectivity index (χ0n) is 16.5. The molecule has 2 aromatic rings. The molecule has 1 amide bonds. The van der Waals surface area contributed by atoms with Crippen LogP contribution < -0.4 is 4.90 Å². The van der Waals surface area contributed by atoms with Gasteiger partial charge in [-0.05, 0) is 68.1 Å². The molecule has 0 saturated heterocycles. The second kappa shape index (κ2) is 7.54. The van der Waals surface area contributed by atoms with Gasteiger partial charge >= 0.3 is 12.1 Å². The van der Waals surface area contributed by atoms with Crippen LogP contribution in [0.15, 0.2) is 42.5 Å². The highest BCUT2D eigenvalue weighted by Gasteiger charge is 2.31. The van der Waals surface area contributed by atoms with Crippen LogP contribution in [0.3, 0.4) is 0 Å². The van der Waals surface area contributed by atoms with E-state index in [2.05, 4.69) is 0 Å². The Labute approximate surface area is 167 Å². The first-order valence-electron chi connectivity index (χ1n) is 9.27. The normalized spacial score (nSPS) is 14.6. The van der Waals surface area contributed by atoms with Gasteiger partial charge in [-0.25, -0.2) is 0 Å². The van der Waals surface area contributed by atoms with E-state index in [1.165, 1.54) is 11.0 Å². The van der Waals surface area contributed by atoms with E-state index in [0.29, 0.717) is 23.2 Å². The average Bonchev–Trinajstić information content (AvgIpc) is 2.61. The van der Waals surface area contributed by atoms with Gasteiger partial charge in [0.25, 0.3) is 0 Å². The summed E-state index contributed by atoms with van der Waals surface area (Å²) in [5.74, 6) is -0.698. The number of fused-ring (bicyclic) bond motifs is 1. The van der Waals surface area contributed by atoms with E-state index >= 15 is 0 Å². The van der Waals surface area contributed by atoms with E-state index in [-0.39, 0.29) is 18.9 Å². The van der Waals surface area contributed by atoms with Gasteiger partial charge in [-0.15, -0.1) is 0 Å². The van der Waals surface area contributed by atoms with E-state index in [1.54, 1.807) is 45.0 Å². The summed E-state index contributed by atoms with van der Waals surface area (Å²) in [5.41, 5.74) is 1.09. The number of halogens is 3. The summed E-state index contributed by atoms with van der Waals surface area (Å²) in [6.07, 6.45) is -3.73. The highest BCUT2D eigenvalue weighted by atomic mass is 19.4. The lowest BCUT2D eigenvalue weighted by Gasteiger charge is -2.30. The number of aryl methyl sites for hydroxylation is 1. The van der Waals surface area contributed by atoms with Crippen molar-refractivity contribution in [1.82, 2.24) is 0 Å². The number of esters is 1. The third kappa shape index (κ3) is 4.96. The smallest absolute Gasteiger partial charge is 0.416 e. The van der Waals surface area contributed by atoms with Crippen molar-refractivity contribution in [2.75, 3.05) is 11.4 Å². The van der Waals surface area contributed by atoms with Gasteiger partial charge in [0.1, 0.15) is 12.1 Å². The van der Waals surface area contributed by atoms with Gasteiger partial charge in [0.15, 0.2) is 0 Å². The first kappa shape index (κ1) is 20.9. The first-order chi connectivity index (χ1) is 13.4. The predicted octanol–water partition coefficient (Wildman–Crippen LogP) is 4.99. The van der Waals surface area contributed by atoms with Crippen LogP contribution in [0.2, 0.25) is 0 Å². The Balaban J connectivity index is 1.90. The molecule has 7 heteroatoms. The summed E-state index contributed by atoms with van der Waals surface area (Å²) in [6, 6.07) is 10.2. The molecule has 4 nitrogen and oxygen atoms in total. The number of amides is 1. The number of nitrogens with zero attached hydrogens (tertiary/aromatic N) is 1. The number of carbonyl (C=O) groups excluding carboxylic acids is 2. The Morgan fingerprint density at radius 3 is 2.38 bits per heavy atom. The average molecular weight is 405 g/mol. The molecule has 3 rings (SSSR count). The molecule has 1 aliphatic rings. The molecule has 29 heavy (non-hydrogen) atoms. The standard InChI is InChI=1S/C22H22F3NO3/c1-21(2,3)29-20(28)13-26-18-9-7-15(11-16(18)8-10-19(26)27)14-5-4-6-17(12-14)22(23,24)25/h4-7,9,11-12H,8,10,13H2,1-3H3. The maximum Gasteiger partial charge on any atom is 0.416 e. The third-order valence-electron chi connectivity index (χ3n) is 4.51. The molecule has 0 aliphatic carbocycles. The second-order valence-corrected chi connectivity index (χ2v) is 7.99. The van der Waals surface area contributed by atoms with Crippen LogP contribution >= 0.6 is 0 Å². The molecule has 0 N–H and O–H groups in total. The lowest BCUT2D eigenvalue weighted by atomic mass is 9.95. The Bertz CT molecular complexity index is 945. The first-order valence-corrected chi connectivity index (χ1v) is 9.27. The number of carbonyl (C=O) groups is 2. The minimum absolute atomic E-state index is 0.185. The molecule has 0 aromatic heterocycles. The minimum Gasteiger partial charge on any atom is -0.459 e. The van der Waals surface area contributed by atoms with Crippen LogP contribution in [0.25, 0.3) is 11.1 Å². The molecular formula is C22H22F3NO3. The van der Waals surface area contributed by atoms with Crippen LogP contribution in [-0.2, 0) is 26.9 Å². The maximum atomic E-state index is 13.0. The molecular weight excluding hydrogens is 383 g/mol. The van der Waals surface area contributed by atoms with Crippen molar-refractivity contribution in [3.63, 3.8) is 0 Å². The summed E-state index contributed by atoms with van der Waals surface area (Å²) in [7, 11) is 0. The number of anilines is 1. The number of alkyl halides is 3. The fourth-order valence-electron chi connectivity index (χ4n) is 3.29. The Morgan fingerprint density at radius 1 is 1.03 bits per heavy atom. The molecule has 1 heterocycles. The predicted molar refractivity (Wildman–Crippen MR) is 103 cm³/mol. The fraction of sp³-hybridized carbons (Fsp3) is 0.364. The van der Waals surface area contributed by atoms with Gasteiger partial charge in [-0.1, -0.05) is 18.2 Å². The van der Waals surface area contributed by atoms with Gasteiger partial charge in [-0.3, -0.25) is 9.59 Å². The summed E-state index contributed by atoms with van der Waals surface area (Å²) >= 11 is 0. The van der Waals surface area contributed by atoms with Crippen LogP contribution in [0.5, 0.6) is 0 Å².